The fourth-order valence-electron chi connectivity index (χ4n) is 2.46. The Morgan fingerprint density at radius 3 is 2.63 bits per heavy atom. The van der Waals surface area contributed by atoms with Crippen molar-refractivity contribution in [3.63, 3.8) is 0 Å². The number of amides is 1. The van der Waals surface area contributed by atoms with Crippen LogP contribution in [0.3, 0.4) is 0 Å². The quantitative estimate of drug-likeness (QED) is 0.638. The normalized spacial score (nSPS) is 10.5. The third kappa shape index (κ3) is 5.14. The third-order valence-corrected chi connectivity index (χ3v) is 3.81. The summed E-state index contributed by atoms with van der Waals surface area (Å²) in [5, 5.41) is 2.78. The molecule has 148 valence electrons. The molecule has 3 aromatic rings. The van der Waals surface area contributed by atoms with Crippen LogP contribution in [0, 0.1) is 0 Å². The van der Waals surface area contributed by atoms with E-state index in [1.165, 1.54) is 6.26 Å². The van der Waals surface area contributed by atoms with Crippen LogP contribution in [-0.4, -0.2) is 36.0 Å². The molecule has 0 aliphatic carbocycles. The second kappa shape index (κ2) is 9.61. The second-order valence-electron chi connectivity index (χ2n) is 5.97. The molecule has 0 aliphatic rings. The van der Waals surface area contributed by atoms with Crippen LogP contribution in [0.25, 0.3) is 11.1 Å². The van der Waals surface area contributed by atoms with Crippen LogP contribution in [0.15, 0.2) is 44.2 Å². The molecule has 3 rings (SSSR count). The van der Waals surface area contributed by atoms with E-state index < -0.39 is 5.76 Å². The van der Waals surface area contributed by atoms with E-state index in [1.807, 2.05) is 19.0 Å². The molecule has 10 heteroatoms. The number of halogens is 2. The van der Waals surface area contributed by atoms with Gasteiger partial charge in [0.1, 0.15) is 12.0 Å². The number of fused-ring (bicyclic) bond motifs is 1. The molecule has 8 nitrogen and oxygen atoms in total. The molecule has 3 N–H and O–H groups in total. The number of nitrogens with zero attached hydrogens (tertiary/aromatic N) is 2. The minimum atomic E-state index is -0.414. The SMILES string of the molecule is CN(C)CCn1c(=O)oc2ccc(NC(=O)c3coc(CN)c3)cc21.Cl.Cl. The monoisotopic (exact) mass is 416 g/mol. The van der Waals surface area contributed by atoms with E-state index in [1.54, 1.807) is 28.8 Å². The van der Waals surface area contributed by atoms with Crippen LogP contribution in [0.2, 0.25) is 0 Å². The van der Waals surface area contributed by atoms with Crippen molar-refractivity contribution in [1.29, 1.82) is 0 Å². The molecule has 0 aliphatic heterocycles. The largest absolute Gasteiger partial charge is 0.467 e. The number of rotatable bonds is 6. The van der Waals surface area contributed by atoms with Crippen LogP contribution >= 0.6 is 24.8 Å². The zero-order chi connectivity index (χ0) is 18.0. The number of hydrogen-bond acceptors (Lipinski definition) is 6. The van der Waals surface area contributed by atoms with Gasteiger partial charge in [0.15, 0.2) is 5.58 Å². The first-order chi connectivity index (χ1) is 12.0. The molecule has 27 heavy (non-hydrogen) atoms. The maximum absolute atomic E-state index is 12.3. The fourth-order valence-corrected chi connectivity index (χ4v) is 2.46. The Labute approximate surface area is 168 Å². The lowest BCUT2D eigenvalue weighted by atomic mass is 10.2. The zero-order valence-electron chi connectivity index (χ0n) is 14.9. The Kier molecular flexibility index (Phi) is 8.11. The van der Waals surface area contributed by atoms with E-state index in [9.17, 15) is 9.59 Å². The standard InChI is InChI=1S/C17H20N4O4.2ClH/c1-20(2)5-6-21-14-8-12(3-4-15(14)25-17(21)23)19-16(22)11-7-13(9-18)24-10-11;;/h3-4,7-8,10H,5-6,9,18H2,1-2H3,(H,19,22);2*1H. The van der Waals surface area contributed by atoms with Gasteiger partial charge in [0, 0.05) is 18.8 Å². The molecule has 2 heterocycles. The smallest absolute Gasteiger partial charge is 0.419 e. The topological polar surface area (TPSA) is 107 Å². The van der Waals surface area contributed by atoms with Gasteiger partial charge in [-0.1, -0.05) is 0 Å². The molecule has 2 aromatic heterocycles. The van der Waals surface area contributed by atoms with Crippen molar-refractivity contribution in [2.45, 2.75) is 13.1 Å². The summed E-state index contributed by atoms with van der Waals surface area (Å²) in [4.78, 5) is 26.3. The summed E-state index contributed by atoms with van der Waals surface area (Å²) in [6.45, 7) is 1.42. The fraction of sp³-hybridized carbons (Fsp3) is 0.294. The van der Waals surface area contributed by atoms with Gasteiger partial charge in [0.25, 0.3) is 5.91 Å². The Balaban J connectivity index is 0.00000182. The van der Waals surface area contributed by atoms with Crippen molar-refractivity contribution in [1.82, 2.24) is 9.47 Å². The first-order valence-corrected chi connectivity index (χ1v) is 7.85. The van der Waals surface area contributed by atoms with Gasteiger partial charge in [-0.3, -0.25) is 9.36 Å². The summed E-state index contributed by atoms with van der Waals surface area (Å²) in [7, 11) is 3.86. The van der Waals surface area contributed by atoms with Gasteiger partial charge < -0.3 is 24.8 Å². The predicted octanol–water partition coefficient (Wildman–Crippen LogP) is 2.30. The first kappa shape index (κ1) is 22.8. The molecule has 0 saturated carbocycles. The molecule has 0 saturated heterocycles. The Bertz CT molecular complexity index is 961. The van der Waals surface area contributed by atoms with Gasteiger partial charge in [-0.25, -0.2) is 4.79 Å². The van der Waals surface area contributed by atoms with Crippen molar-refractivity contribution in [2.75, 3.05) is 26.0 Å². The van der Waals surface area contributed by atoms with Crippen molar-refractivity contribution < 1.29 is 13.6 Å². The molecule has 0 radical (unpaired) electrons. The average Bonchev–Trinajstić information content (AvgIpc) is 3.16. The summed E-state index contributed by atoms with van der Waals surface area (Å²) in [5.41, 5.74) is 7.54. The van der Waals surface area contributed by atoms with Gasteiger partial charge in [-0.05, 0) is 38.4 Å². The van der Waals surface area contributed by atoms with E-state index in [4.69, 9.17) is 14.6 Å². The molecular weight excluding hydrogens is 395 g/mol. The van der Waals surface area contributed by atoms with E-state index >= 15 is 0 Å². The van der Waals surface area contributed by atoms with Crippen LogP contribution in [0.4, 0.5) is 5.69 Å². The lowest BCUT2D eigenvalue weighted by Gasteiger charge is -2.09. The maximum atomic E-state index is 12.3. The van der Waals surface area contributed by atoms with Gasteiger partial charge in [-0.15, -0.1) is 24.8 Å². The second-order valence-corrected chi connectivity index (χ2v) is 5.97. The highest BCUT2D eigenvalue weighted by Crippen LogP contribution is 2.19. The van der Waals surface area contributed by atoms with E-state index in [-0.39, 0.29) is 37.3 Å². The van der Waals surface area contributed by atoms with Crippen molar-refractivity contribution in [3.8, 4) is 0 Å². The molecule has 1 amide bonds. The van der Waals surface area contributed by atoms with E-state index in [2.05, 4.69) is 5.32 Å². The Morgan fingerprint density at radius 1 is 1.26 bits per heavy atom. The molecule has 0 spiro atoms. The molecule has 0 fully saturated rings. The van der Waals surface area contributed by atoms with Crippen LogP contribution in [0.1, 0.15) is 16.1 Å². The van der Waals surface area contributed by atoms with Gasteiger partial charge in [0.2, 0.25) is 0 Å². The molecule has 0 atom stereocenters. The van der Waals surface area contributed by atoms with Crippen LogP contribution in [0.5, 0.6) is 0 Å². The minimum Gasteiger partial charge on any atom is -0.467 e. The summed E-state index contributed by atoms with van der Waals surface area (Å²) in [6.07, 6.45) is 1.36. The summed E-state index contributed by atoms with van der Waals surface area (Å²) >= 11 is 0. The van der Waals surface area contributed by atoms with Crippen LogP contribution in [-0.2, 0) is 13.1 Å². The highest BCUT2D eigenvalue weighted by atomic mass is 35.5. The maximum Gasteiger partial charge on any atom is 0.419 e. The number of anilines is 1. The van der Waals surface area contributed by atoms with Crippen molar-refractivity contribution in [2.24, 2.45) is 5.73 Å². The number of carbonyl (C=O) groups excluding carboxylic acids is 1. The summed E-state index contributed by atoms with van der Waals surface area (Å²) < 4.78 is 12.0. The average molecular weight is 417 g/mol. The highest BCUT2D eigenvalue weighted by Gasteiger charge is 2.13. The number of furan rings is 1. The van der Waals surface area contributed by atoms with Crippen LogP contribution < -0.4 is 16.8 Å². The number of benzene rings is 1. The summed E-state index contributed by atoms with van der Waals surface area (Å²) in [5.74, 6) is -0.191. The predicted molar refractivity (Wildman–Crippen MR) is 108 cm³/mol. The number of nitrogens with one attached hydrogen (secondary N) is 1. The van der Waals surface area contributed by atoms with Gasteiger partial charge in [-0.2, -0.15) is 0 Å². The van der Waals surface area contributed by atoms with E-state index in [0.29, 0.717) is 41.2 Å². The number of hydrogen-bond donors (Lipinski definition) is 2. The van der Waals surface area contributed by atoms with Gasteiger partial charge in [0.05, 0.1) is 17.6 Å². The third-order valence-electron chi connectivity index (χ3n) is 3.81. The number of carbonyl (C=O) groups is 1. The summed E-state index contributed by atoms with van der Waals surface area (Å²) in [6, 6.07) is 6.67. The van der Waals surface area contributed by atoms with Crippen molar-refractivity contribution >= 4 is 47.5 Å². The highest BCUT2D eigenvalue weighted by molar-refractivity contribution is 6.04. The first-order valence-electron chi connectivity index (χ1n) is 7.85. The molecular formula is C17H22Cl2N4O4. The van der Waals surface area contributed by atoms with E-state index in [0.717, 1.165) is 0 Å². The molecule has 1 aromatic carbocycles. The number of aromatic nitrogens is 1. The lowest BCUT2D eigenvalue weighted by Crippen LogP contribution is -2.23. The van der Waals surface area contributed by atoms with Crippen molar-refractivity contribution in [3.05, 3.63) is 52.4 Å². The molecule has 0 unspecified atom stereocenters. The molecule has 0 bridgehead atoms. The number of nitrogens with two attached hydrogens (primary N) is 1. The minimum absolute atomic E-state index is 0. The lowest BCUT2D eigenvalue weighted by molar-refractivity contribution is 0.102. The zero-order valence-corrected chi connectivity index (χ0v) is 16.6. The Morgan fingerprint density at radius 2 is 2.00 bits per heavy atom. The van der Waals surface area contributed by atoms with Gasteiger partial charge >= 0.3 is 5.76 Å². The Hall–Kier alpha value is -2.26. The number of oxazole rings is 1. The number of likely N-dealkylation sites (N-methyl/N-ethyl adjacent to an activating group) is 1.